The summed E-state index contributed by atoms with van der Waals surface area (Å²) in [5, 5.41) is 0.489. The normalized spacial score (nSPS) is 24.5. The summed E-state index contributed by atoms with van der Waals surface area (Å²) in [6.45, 7) is 7.26. The Morgan fingerprint density at radius 3 is 2.33 bits per heavy atom. The second kappa shape index (κ2) is 8.16. The average Bonchev–Trinajstić information content (AvgIpc) is 3.04. The van der Waals surface area contributed by atoms with Crippen LogP contribution in [0.5, 0.6) is 0 Å². The second-order valence-corrected chi connectivity index (χ2v) is 10.9. The zero-order chi connectivity index (χ0) is 21.6. The maximum absolute atomic E-state index is 14.2. The molecule has 7 nitrogen and oxygen atoms in total. The predicted molar refractivity (Wildman–Crippen MR) is 114 cm³/mol. The van der Waals surface area contributed by atoms with E-state index in [4.69, 9.17) is 4.74 Å². The number of aryl methyl sites for hydroxylation is 1. The Kier molecular flexibility index (Phi) is 5.88. The molecule has 2 aliphatic heterocycles. The van der Waals surface area contributed by atoms with Crippen LogP contribution in [0.3, 0.4) is 0 Å². The number of morpholine rings is 1. The quantitative estimate of drug-likeness (QED) is 0.713. The molecule has 0 aliphatic carbocycles. The van der Waals surface area contributed by atoms with Gasteiger partial charge in [0.05, 0.1) is 17.1 Å². The van der Waals surface area contributed by atoms with Gasteiger partial charge < -0.3 is 9.64 Å². The number of carbonyl (C=O) groups is 1. The number of hydrogen-bond donors (Lipinski definition) is 0. The van der Waals surface area contributed by atoms with Crippen LogP contribution in [0.15, 0.2) is 18.2 Å². The van der Waals surface area contributed by atoms with Gasteiger partial charge in [0.2, 0.25) is 0 Å². The largest absolute Gasteiger partial charge is 0.373 e. The summed E-state index contributed by atoms with van der Waals surface area (Å²) >= 11 is 1.28. The molecule has 30 heavy (non-hydrogen) atoms. The number of benzene rings is 1. The van der Waals surface area contributed by atoms with Gasteiger partial charge in [-0.1, -0.05) is 6.07 Å². The zero-order valence-electron chi connectivity index (χ0n) is 17.3. The van der Waals surface area contributed by atoms with Crippen molar-refractivity contribution in [2.24, 2.45) is 0 Å². The molecule has 3 heterocycles. The van der Waals surface area contributed by atoms with Crippen LogP contribution in [0.25, 0.3) is 10.1 Å². The molecule has 1 amide bonds. The molecule has 4 rings (SSSR count). The number of thiophene rings is 1. The summed E-state index contributed by atoms with van der Waals surface area (Å²) in [7, 11) is -3.60. The Labute approximate surface area is 180 Å². The number of hydrogen-bond acceptors (Lipinski definition) is 5. The molecule has 0 N–H and O–H groups in total. The van der Waals surface area contributed by atoms with Crippen LogP contribution < -0.4 is 0 Å². The molecule has 1 aromatic heterocycles. The molecule has 164 valence electrons. The van der Waals surface area contributed by atoms with E-state index in [1.165, 1.54) is 26.0 Å². The lowest BCUT2D eigenvalue weighted by Gasteiger charge is -2.40. The molecule has 2 fully saturated rings. The fourth-order valence-electron chi connectivity index (χ4n) is 4.21. The zero-order valence-corrected chi connectivity index (χ0v) is 18.9. The molecular weight excluding hydrogens is 429 g/mol. The monoisotopic (exact) mass is 455 g/mol. The Bertz CT molecular complexity index is 1050. The fourth-order valence-corrected chi connectivity index (χ4v) is 7.14. The minimum absolute atomic E-state index is 0.150. The highest BCUT2D eigenvalue weighted by molar-refractivity contribution is 7.86. The lowest BCUT2D eigenvalue weighted by molar-refractivity contribution is -0.0457. The highest BCUT2D eigenvalue weighted by Crippen LogP contribution is 2.33. The van der Waals surface area contributed by atoms with Crippen molar-refractivity contribution < 1.29 is 22.3 Å². The van der Waals surface area contributed by atoms with Gasteiger partial charge in [-0.15, -0.1) is 11.3 Å². The van der Waals surface area contributed by atoms with E-state index in [0.717, 1.165) is 4.70 Å². The van der Waals surface area contributed by atoms with E-state index in [-0.39, 0.29) is 37.0 Å². The van der Waals surface area contributed by atoms with Crippen LogP contribution in [0.2, 0.25) is 0 Å². The first-order chi connectivity index (χ1) is 14.2. The first-order valence-electron chi connectivity index (χ1n) is 10.1. The third-order valence-corrected chi connectivity index (χ3v) is 8.88. The Morgan fingerprint density at radius 2 is 1.73 bits per heavy atom. The average molecular weight is 456 g/mol. The Hall–Kier alpha value is -1.59. The van der Waals surface area contributed by atoms with Crippen LogP contribution in [-0.2, 0) is 14.9 Å². The van der Waals surface area contributed by atoms with Crippen LogP contribution in [0.4, 0.5) is 4.39 Å². The number of amides is 1. The van der Waals surface area contributed by atoms with Crippen molar-refractivity contribution in [3.8, 4) is 0 Å². The van der Waals surface area contributed by atoms with E-state index in [1.54, 1.807) is 17.9 Å². The molecule has 0 bridgehead atoms. The first kappa shape index (κ1) is 21.6. The summed E-state index contributed by atoms with van der Waals surface area (Å²) in [5.41, 5.74) is 0.643. The molecular formula is C20H26FN3O4S2. The summed E-state index contributed by atoms with van der Waals surface area (Å²) in [6, 6.07) is 4.84. The van der Waals surface area contributed by atoms with Gasteiger partial charge in [0.1, 0.15) is 5.82 Å². The van der Waals surface area contributed by atoms with Crippen molar-refractivity contribution in [3.63, 3.8) is 0 Å². The van der Waals surface area contributed by atoms with Gasteiger partial charge in [-0.2, -0.15) is 17.0 Å². The first-order valence-corrected chi connectivity index (χ1v) is 12.3. The van der Waals surface area contributed by atoms with E-state index in [1.807, 2.05) is 19.9 Å². The summed E-state index contributed by atoms with van der Waals surface area (Å²) < 4.78 is 49.6. The van der Waals surface area contributed by atoms with Gasteiger partial charge >= 0.3 is 0 Å². The van der Waals surface area contributed by atoms with E-state index in [9.17, 15) is 17.6 Å². The minimum Gasteiger partial charge on any atom is -0.373 e. The number of rotatable bonds is 3. The maximum atomic E-state index is 14.2. The number of halogens is 1. The van der Waals surface area contributed by atoms with Crippen LogP contribution in [-0.4, -0.2) is 79.3 Å². The van der Waals surface area contributed by atoms with E-state index < -0.39 is 10.2 Å². The van der Waals surface area contributed by atoms with Gasteiger partial charge in [-0.05, 0) is 38.5 Å². The van der Waals surface area contributed by atoms with Gasteiger partial charge in [-0.25, -0.2) is 4.39 Å². The van der Waals surface area contributed by atoms with Crippen LogP contribution in [0, 0.1) is 12.7 Å². The highest BCUT2D eigenvalue weighted by atomic mass is 32.2. The lowest BCUT2D eigenvalue weighted by Crippen LogP contribution is -2.57. The second-order valence-electron chi connectivity index (χ2n) is 7.94. The molecule has 10 heteroatoms. The number of nitrogens with zero attached hydrogens (tertiary/aromatic N) is 3. The number of ether oxygens (including phenoxy) is 1. The fraction of sp³-hybridized carbons (Fsp3) is 0.550. The van der Waals surface area contributed by atoms with E-state index in [2.05, 4.69) is 0 Å². The highest BCUT2D eigenvalue weighted by Gasteiger charge is 2.37. The van der Waals surface area contributed by atoms with Crippen molar-refractivity contribution in [3.05, 3.63) is 34.5 Å². The Balaban J connectivity index is 1.46. The van der Waals surface area contributed by atoms with Gasteiger partial charge in [0.25, 0.3) is 16.1 Å². The van der Waals surface area contributed by atoms with Gasteiger partial charge in [0, 0.05) is 49.4 Å². The molecule has 2 saturated heterocycles. The summed E-state index contributed by atoms with van der Waals surface area (Å²) in [5.74, 6) is -0.496. The predicted octanol–water partition coefficient (Wildman–Crippen LogP) is 2.46. The molecule has 2 atom stereocenters. The SMILES string of the molecule is Cc1c(C(=O)N2CCN(S(=O)(=O)N3CC(C)OC(C)C3)CC2)sc2cccc(F)c12. The molecule has 2 aliphatic rings. The third kappa shape index (κ3) is 3.87. The summed E-state index contributed by atoms with van der Waals surface area (Å²) in [6.07, 6.45) is -0.301. The van der Waals surface area contributed by atoms with Crippen molar-refractivity contribution in [1.82, 2.24) is 13.5 Å². The van der Waals surface area contributed by atoms with Crippen molar-refractivity contribution >= 4 is 37.5 Å². The molecule has 2 aromatic rings. The molecule has 0 radical (unpaired) electrons. The smallest absolute Gasteiger partial charge is 0.282 e. The lowest BCUT2D eigenvalue weighted by atomic mass is 10.1. The number of fused-ring (bicyclic) bond motifs is 1. The molecule has 0 saturated carbocycles. The van der Waals surface area contributed by atoms with Gasteiger partial charge in [0.15, 0.2) is 0 Å². The maximum Gasteiger partial charge on any atom is 0.282 e. The van der Waals surface area contributed by atoms with E-state index in [0.29, 0.717) is 42.0 Å². The standard InChI is InChI=1S/C20H26FN3O4S2/c1-13-11-24(12-14(2)28-13)30(26,27)23-9-7-22(8-10-23)20(25)19-15(3)18-16(21)5-4-6-17(18)29-19/h4-6,13-14H,7-12H2,1-3H3. The van der Waals surface area contributed by atoms with Crippen LogP contribution >= 0.6 is 11.3 Å². The number of piperazine rings is 1. The van der Waals surface area contributed by atoms with Crippen molar-refractivity contribution in [2.45, 2.75) is 33.0 Å². The molecule has 1 aromatic carbocycles. The van der Waals surface area contributed by atoms with E-state index >= 15 is 0 Å². The third-order valence-electron chi connectivity index (χ3n) is 5.66. The van der Waals surface area contributed by atoms with Crippen molar-refractivity contribution in [1.29, 1.82) is 0 Å². The molecule has 2 unspecified atom stereocenters. The van der Waals surface area contributed by atoms with Gasteiger partial charge in [-0.3, -0.25) is 4.79 Å². The van der Waals surface area contributed by atoms with Crippen LogP contribution in [0.1, 0.15) is 29.1 Å². The number of carbonyl (C=O) groups excluding carboxylic acids is 1. The van der Waals surface area contributed by atoms with Crippen molar-refractivity contribution in [2.75, 3.05) is 39.3 Å². The molecule has 0 spiro atoms. The topological polar surface area (TPSA) is 70.2 Å². The summed E-state index contributed by atoms with van der Waals surface area (Å²) in [4.78, 5) is 15.2. The Morgan fingerprint density at radius 1 is 1.10 bits per heavy atom. The minimum atomic E-state index is -3.60.